The van der Waals surface area contributed by atoms with E-state index in [1.165, 1.54) is 4.90 Å². The molecule has 0 aromatic carbocycles. The highest BCUT2D eigenvalue weighted by Gasteiger charge is 2.30. The molecule has 6 heteroatoms. The number of hydrogen-bond acceptors (Lipinski definition) is 3. The van der Waals surface area contributed by atoms with E-state index in [2.05, 4.69) is 5.32 Å². The molecule has 0 bridgehead atoms. The Morgan fingerprint density at radius 1 is 1.33 bits per heavy atom. The molecule has 1 aliphatic heterocycles. The molecule has 1 aliphatic rings. The summed E-state index contributed by atoms with van der Waals surface area (Å²) in [7, 11) is 0. The van der Waals surface area contributed by atoms with Crippen LogP contribution in [0.15, 0.2) is 0 Å². The largest absolute Gasteiger partial charge is 0.401 e. The van der Waals surface area contributed by atoms with Crippen molar-refractivity contribution in [2.24, 2.45) is 0 Å². The van der Waals surface area contributed by atoms with Crippen LogP contribution in [0.3, 0.4) is 0 Å². The Kier molecular flexibility index (Phi) is 6.96. The van der Waals surface area contributed by atoms with Gasteiger partial charge in [0, 0.05) is 26.2 Å². The first kappa shape index (κ1) is 15.7. The van der Waals surface area contributed by atoms with Crippen molar-refractivity contribution in [3.63, 3.8) is 0 Å². The first-order chi connectivity index (χ1) is 8.51. The van der Waals surface area contributed by atoms with E-state index in [-0.39, 0.29) is 6.10 Å². The first-order valence-electron chi connectivity index (χ1n) is 6.62. The van der Waals surface area contributed by atoms with E-state index in [1.54, 1.807) is 0 Å². The molecule has 0 aromatic rings. The lowest BCUT2D eigenvalue weighted by Gasteiger charge is -2.23. The van der Waals surface area contributed by atoms with E-state index in [0.29, 0.717) is 19.6 Å². The minimum Gasteiger partial charge on any atom is -0.377 e. The van der Waals surface area contributed by atoms with Gasteiger partial charge in [-0.25, -0.2) is 0 Å². The minimum absolute atomic E-state index is 0.243. The van der Waals surface area contributed by atoms with Crippen LogP contribution in [0, 0.1) is 0 Å². The van der Waals surface area contributed by atoms with Gasteiger partial charge < -0.3 is 10.1 Å². The van der Waals surface area contributed by atoms with Gasteiger partial charge in [0.2, 0.25) is 0 Å². The molecule has 0 saturated carbocycles. The Morgan fingerprint density at radius 2 is 2.11 bits per heavy atom. The quantitative estimate of drug-likeness (QED) is 0.682. The molecule has 1 atom stereocenters. The van der Waals surface area contributed by atoms with Gasteiger partial charge in [0.15, 0.2) is 0 Å². The normalized spacial score (nSPS) is 20.8. The third-order valence-electron chi connectivity index (χ3n) is 2.94. The lowest BCUT2D eigenvalue weighted by atomic mass is 10.2. The van der Waals surface area contributed by atoms with E-state index < -0.39 is 12.7 Å². The highest BCUT2D eigenvalue weighted by molar-refractivity contribution is 4.69. The molecular formula is C12H23F3N2O. The second kappa shape index (κ2) is 7.96. The molecule has 18 heavy (non-hydrogen) atoms. The molecule has 1 heterocycles. The number of halogens is 3. The summed E-state index contributed by atoms with van der Waals surface area (Å²) in [5.74, 6) is 0. The van der Waals surface area contributed by atoms with Crippen LogP contribution < -0.4 is 5.32 Å². The summed E-state index contributed by atoms with van der Waals surface area (Å²) < 4.78 is 42.3. The van der Waals surface area contributed by atoms with Crippen molar-refractivity contribution in [3.05, 3.63) is 0 Å². The van der Waals surface area contributed by atoms with Crippen LogP contribution in [0.4, 0.5) is 13.2 Å². The molecule has 1 rings (SSSR count). The molecule has 1 N–H and O–H groups in total. The van der Waals surface area contributed by atoms with E-state index in [9.17, 15) is 13.2 Å². The zero-order valence-corrected chi connectivity index (χ0v) is 10.9. The van der Waals surface area contributed by atoms with Gasteiger partial charge in [0.1, 0.15) is 0 Å². The van der Waals surface area contributed by atoms with Crippen molar-refractivity contribution < 1.29 is 17.9 Å². The Morgan fingerprint density at radius 3 is 2.67 bits per heavy atom. The van der Waals surface area contributed by atoms with Gasteiger partial charge in [-0.1, -0.05) is 6.92 Å². The predicted molar refractivity (Wildman–Crippen MR) is 64.6 cm³/mol. The molecule has 1 unspecified atom stereocenters. The first-order valence-corrected chi connectivity index (χ1v) is 6.62. The Labute approximate surface area is 107 Å². The van der Waals surface area contributed by atoms with E-state index >= 15 is 0 Å². The van der Waals surface area contributed by atoms with Crippen molar-refractivity contribution >= 4 is 0 Å². The van der Waals surface area contributed by atoms with E-state index in [4.69, 9.17) is 4.74 Å². The summed E-state index contributed by atoms with van der Waals surface area (Å²) in [4.78, 5) is 1.45. The zero-order valence-electron chi connectivity index (χ0n) is 10.9. The van der Waals surface area contributed by atoms with Gasteiger partial charge in [-0.15, -0.1) is 0 Å². The maximum atomic E-state index is 12.3. The fraction of sp³-hybridized carbons (Fsp3) is 1.00. The van der Waals surface area contributed by atoms with Crippen LogP contribution in [0.1, 0.15) is 26.2 Å². The minimum atomic E-state index is -4.11. The molecule has 0 aromatic heterocycles. The number of ether oxygens (including phenoxy) is 1. The summed E-state index contributed by atoms with van der Waals surface area (Å²) in [6, 6.07) is 0. The number of nitrogens with one attached hydrogen (secondary N) is 1. The molecule has 0 amide bonds. The van der Waals surface area contributed by atoms with Gasteiger partial charge in [0.05, 0.1) is 12.6 Å². The lowest BCUT2D eigenvalue weighted by Crippen LogP contribution is -2.40. The predicted octanol–water partition coefficient (Wildman–Crippen LogP) is 2.03. The van der Waals surface area contributed by atoms with E-state index in [1.807, 2.05) is 6.92 Å². The van der Waals surface area contributed by atoms with Crippen molar-refractivity contribution in [1.82, 2.24) is 10.2 Å². The lowest BCUT2D eigenvalue weighted by molar-refractivity contribution is -0.145. The Hall–Kier alpha value is -0.330. The van der Waals surface area contributed by atoms with Crippen LogP contribution >= 0.6 is 0 Å². The molecule has 0 aliphatic carbocycles. The summed E-state index contributed by atoms with van der Waals surface area (Å²) >= 11 is 0. The molecular weight excluding hydrogens is 245 g/mol. The molecule has 1 saturated heterocycles. The average Bonchev–Trinajstić information content (AvgIpc) is 2.75. The highest BCUT2D eigenvalue weighted by atomic mass is 19.4. The number of hydrogen-bond donors (Lipinski definition) is 1. The maximum Gasteiger partial charge on any atom is 0.401 e. The summed E-state index contributed by atoms with van der Waals surface area (Å²) in [5.41, 5.74) is 0. The second-order valence-corrected chi connectivity index (χ2v) is 4.73. The van der Waals surface area contributed by atoms with Crippen LogP contribution in [-0.2, 0) is 4.74 Å². The average molecular weight is 268 g/mol. The van der Waals surface area contributed by atoms with Crippen molar-refractivity contribution in [3.8, 4) is 0 Å². The van der Waals surface area contributed by atoms with Crippen LogP contribution in [0.25, 0.3) is 0 Å². The van der Waals surface area contributed by atoms with Gasteiger partial charge >= 0.3 is 6.18 Å². The Balaban J connectivity index is 2.12. The zero-order chi connectivity index (χ0) is 13.4. The molecule has 108 valence electrons. The molecule has 0 spiro atoms. The van der Waals surface area contributed by atoms with Gasteiger partial charge in [-0.3, -0.25) is 4.90 Å². The highest BCUT2D eigenvalue weighted by Crippen LogP contribution is 2.16. The SMILES string of the molecule is CCCN(CCNCC1CCCO1)CC(F)(F)F. The van der Waals surface area contributed by atoms with Crippen molar-refractivity contribution in [2.75, 3.05) is 39.3 Å². The number of nitrogens with zero attached hydrogens (tertiary/aromatic N) is 1. The number of rotatable bonds is 8. The van der Waals surface area contributed by atoms with Gasteiger partial charge in [-0.05, 0) is 25.8 Å². The van der Waals surface area contributed by atoms with E-state index in [0.717, 1.165) is 32.4 Å². The topological polar surface area (TPSA) is 24.5 Å². The van der Waals surface area contributed by atoms with Gasteiger partial charge in [-0.2, -0.15) is 13.2 Å². The molecule has 1 fully saturated rings. The fourth-order valence-corrected chi connectivity index (χ4v) is 2.15. The monoisotopic (exact) mass is 268 g/mol. The number of alkyl halides is 3. The third-order valence-corrected chi connectivity index (χ3v) is 2.94. The smallest absolute Gasteiger partial charge is 0.377 e. The van der Waals surface area contributed by atoms with Crippen LogP contribution in [-0.4, -0.2) is 56.5 Å². The summed E-state index contributed by atoms with van der Waals surface area (Å²) in [6.07, 6.45) is -0.991. The van der Waals surface area contributed by atoms with Crippen molar-refractivity contribution in [2.45, 2.75) is 38.5 Å². The Bertz CT molecular complexity index is 218. The van der Waals surface area contributed by atoms with Crippen LogP contribution in [0.5, 0.6) is 0 Å². The second-order valence-electron chi connectivity index (χ2n) is 4.73. The fourth-order valence-electron chi connectivity index (χ4n) is 2.15. The molecule has 0 radical (unpaired) electrons. The third kappa shape index (κ3) is 7.18. The van der Waals surface area contributed by atoms with Crippen molar-refractivity contribution in [1.29, 1.82) is 0 Å². The maximum absolute atomic E-state index is 12.3. The standard InChI is InChI=1S/C12H23F3N2O/c1-2-6-17(10-12(13,14)15)7-5-16-9-11-4-3-8-18-11/h11,16H,2-10H2,1H3. The van der Waals surface area contributed by atoms with Crippen LogP contribution in [0.2, 0.25) is 0 Å². The molecule has 3 nitrogen and oxygen atoms in total. The summed E-state index contributed by atoms with van der Waals surface area (Å²) in [5, 5.41) is 3.17. The summed E-state index contributed by atoms with van der Waals surface area (Å²) in [6.45, 7) is 4.12. The van der Waals surface area contributed by atoms with Gasteiger partial charge in [0.25, 0.3) is 0 Å².